The van der Waals surface area contributed by atoms with Gasteiger partial charge in [0.1, 0.15) is 36.6 Å². The second-order valence-electron chi connectivity index (χ2n) is 5.55. The molecule has 0 saturated carbocycles. The molecule has 2 aliphatic heterocycles. The van der Waals surface area contributed by atoms with E-state index in [0.29, 0.717) is 0 Å². The summed E-state index contributed by atoms with van der Waals surface area (Å²) >= 11 is 0. The van der Waals surface area contributed by atoms with E-state index in [1.807, 2.05) is 0 Å². The number of rotatable bonds is 4. The van der Waals surface area contributed by atoms with Gasteiger partial charge in [-0.2, -0.15) is 0 Å². The predicted molar refractivity (Wildman–Crippen MR) is 69.5 cm³/mol. The Balaban J connectivity index is 2.00. The minimum atomic E-state index is -1.59. The summed E-state index contributed by atoms with van der Waals surface area (Å²) in [5.74, 6) is 0. The van der Waals surface area contributed by atoms with Crippen LogP contribution in [0.15, 0.2) is 0 Å². The Bertz CT molecular complexity index is 357. The standard InChI is InChI=1S/C12H23NO9/c14-2-4-7(16)8(17)5(1-13-4)21-12-11(20)10(19)9(18)6(3-15)22-12/h4-20H,1-3H2/t4-,5+,6-,7-,8-,9+,10+,11-,12-/m1/s1. The summed E-state index contributed by atoms with van der Waals surface area (Å²) < 4.78 is 10.5. The number of aliphatic hydroxyl groups excluding tert-OH is 7. The van der Waals surface area contributed by atoms with Gasteiger partial charge in [-0.15, -0.1) is 0 Å². The molecule has 9 atom stereocenters. The normalized spacial score (nSPS) is 50.0. The highest BCUT2D eigenvalue weighted by atomic mass is 16.7. The number of aliphatic hydroxyl groups is 7. The Morgan fingerprint density at radius 3 is 2.14 bits per heavy atom. The summed E-state index contributed by atoms with van der Waals surface area (Å²) in [6.45, 7) is -0.894. The van der Waals surface area contributed by atoms with E-state index < -0.39 is 61.7 Å². The van der Waals surface area contributed by atoms with Crippen molar-refractivity contribution >= 4 is 0 Å². The molecule has 130 valence electrons. The van der Waals surface area contributed by atoms with Crippen molar-refractivity contribution in [3.05, 3.63) is 0 Å². The molecule has 2 fully saturated rings. The van der Waals surface area contributed by atoms with Crippen LogP contribution in [0.2, 0.25) is 0 Å². The lowest BCUT2D eigenvalue weighted by atomic mass is 9.95. The second kappa shape index (κ2) is 7.45. The van der Waals surface area contributed by atoms with Crippen molar-refractivity contribution in [2.24, 2.45) is 0 Å². The highest BCUT2D eigenvalue weighted by molar-refractivity contribution is 4.95. The van der Waals surface area contributed by atoms with Gasteiger partial charge in [-0.3, -0.25) is 0 Å². The second-order valence-corrected chi connectivity index (χ2v) is 5.55. The third kappa shape index (κ3) is 3.41. The SMILES string of the molecule is OC[C@H]1NC[C@H](O[C@@H]2O[C@H](CO)[C@H](O)[C@H](O)[C@H]2O)[C@@H](O)[C@@H]1O. The Morgan fingerprint density at radius 2 is 1.55 bits per heavy atom. The molecule has 0 aromatic heterocycles. The zero-order valence-corrected chi connectivity index (χ0v) is 11.8. The molecule has 0 aliphatic carbocycles. The van der Waals surface area contributed by atoms with Crippen LogP contribution in [0.1, 0.15) is 0 Å². The van der Waals surface area contributed by atoms with E-state index in [4.69, 9.17) is 19.7 Å². The molecule has 0 bridgehead atoms. The summed E-state index contributed by atoms with van der Waals surface area (Å²) in [6.07, 6.45) is -10.8. The molecule has 2 rings (SSSR count). The quantitative estimate of drug-likeness (QED) is 0.250. The van der Waals surface area contributed by atoms with Crippen LogP contribution in [0.4, 0.5) is 0 Å². The summed E-state index contributed by atoms with van der Waals surface area (Å²) in [4.78, 5) is 0. The first-order chi connectivity index (χ1) is 10.4. The Labute approximate surface area is 126 Å². The molecule has 2 saturated heterocycles. The Morgan fingerprint density at radius 1 is 0.864 bits per heavy atom. The lowest BCUT2D eigenvalue weighted by Gasteiger charge is -2.43. The molecule has 22 heavy (non-hydrogen) atoms. The van der Waals surface area contributed by atoms with E-state index >= 15 is 0 Å². The van der Waals surface area contributed by atoms with Crippen molar-refractivity contribution in [3.63, 3.8) is 0 Å². The van der Waals surface area contributed by atoms with Gasteiger partial charge in [0.25, 0.3) is 0 Å². The fraction of sp³-hybridized carbons (Fsp3) is 1.00. The van der Waals surface area contributed by atoms with Gasteiger partial charge in [-0.25, -0.2) is 0 Å². The van der Waals surface area contributed by atoms with E-state index in [2.05, 4.69) is 5.32 Å². The largest absolute Gasteiger partial charge is 0.395 e. The summed E-state index contributed by atoms with van der Waals surface area (Å²) in [6, 6.07) is -0.704. The summed E-state index contributed by atoms with van der Waals surface area (Å²) in [7, 11) is 0. The zero-order chi connectivity index (χ0) is 16.4. The van der Waals surface area contributed by atoms with E-state index in [9.17, 15) is 25.5 Å². The topological polar surface area (TPSA) is 172 Å². The lowest BCUT2D eigenvalue weighted by Crippen LogP contribution is -2.65. The highest BCUT2D eigenvalue weighted by Crippen LogP contribution is 2.25. The van der Waals surface area contributed by atoms with Crippen LogP contribution in [-0.4, -0.2) is 111 Å². The summed E-state index contributed by atoms with van der Waals surface area (Å²) in [5, 5.41) is 69.8. The molecular formula is C12H23NO9. The third-order valence-corrected chi connectivity index (χ3v) is 4.08. The van der Waals surface area contributed by atoms with E-state index in [0.717, 1.165) is 0 Å². The fourth-order valence-corrected chi connectivity index (χ4v) is 2.62. The first kappa shape index (κ1) is 17.9. The minimum Gasteiger partial charge on any atom is -0.395 e. The first-order valence-electron chi connectivity index (χ1n) is 7.07. The van der Waals surface area contributed by atoms with E-state index in [1.54, 1.807) is 0 Å². The number of hydrogen-bond acceptors (Lipinski definition) is 10. The van der Waals surface area contributed by atoms with Crippen LogP contribution in [-0.2, 0) is 9.47 Å². The predicted octanol–water partition coefficient (Wildman–Crippen LogP) is -5.14. The molecule has 10 heteroatoms. The van der Waals surface area contributed by atoms with Crippen molar-refractivity contribution in [1.29, 1.82) is 0 Å². The maximum Gasteiger partial charge on any atom is 0.187 e. The van der Waals surface area contributed by atoms with Gasteiger partial charge >= 0.3 is 0 Å². The zero-order valence-electron chi connectivity index (χ0n) is 11.8. The summed E-state index contributed by atoms with van der Waals surface area (Å²) in [5.41, 5.74) is 0. The van der Waals surface area contributed by atoms with Gasteiger partial charge < -0.3 is 50.5 Å². The van der Waals surface area contributed by atoms with Gasteiger partial charge in [0.2, 0.25) is 0 Å². The van der Waals surface area contributed by atoms with Crippen LogP contribution < -0.4 is 5.32 Å². The molecule has 0 amide bonds. The molecule has 0 unspecified atom stereocenters. The molecule has 0 radical (unpaired) electrons. The maximum atomic E-state index is 9.97. The molecule has 10 nitrogen and oxygen atoms in total. The molecule has 0 aromatic carbocycles. The monoisotopic (exact) mass is 325 g/mol. The van der Waals surface area contributed by atoms with Crippen molar-refractivity contribution in [2.45, 2.75) is 55.1 Å². The molecule has 2 aliphatic rings. The number of nitrogens with one attached hydrogen (secondary N) is 1. The van der Waals surface area contributed by atoms with Crippen molar-refractivity contribution in [1.82, 2.24) is 5.32 Å². The average molecular weight is 325 g/mol. The number of ether oxygens (including phenoxy) is 2. The van der Waals surface area contributed by atoms with Gasteiger partial charge in [0.15, 0.2) is 6.29 Å². The van der Waals surface area contributed by atoms with Gasteiger partial charge in [0.05, 0.1) is 25.4 Å². The van der Waals surface area contributed by atoms with Crippen molar-refractivity contribution in [2.75, 3.05) is 19.8 Å². The van der Waals surface area contributed by atoms with Gasteiger partial charge in [0, 0.05) is 6.54 Å². The van der Waals surface area contributed by atoms with Crippen molar-refractivity contribution in [3.8, 4) is 0 Å². The van der Waals surface area contributed by atoms with Crippen molar-refractivity contribution < 1.29 is 45.2 Å². The average Bonchev–Trinajstić information content (AvgIpc) is 2.52. The third-order valence-electron chi connectivity index (χ3n) is 4.08. The van der Waals surface area contributed by atoms with Crippen LogP contribution in [0.5, 0.6) is 0 Å². The molecule has 0 spiro atoms. The minimum absolute atomic E-state index is 0.0679. The molecule has 8 N–H and O–H groups in total. The van der Waals surface area contributed by atoms with Crippen LogP contribution in [0.3, 0.4) is 0 Å². The van der Waals surface area contributed by atoms with Gasteiger partial charge in [-0.1, -0.05) is 0 Å². The van der Waals surface area contributed by atoms with Crippen LogP contribution >= 0.6 is 0 Å². The maximum absolute atomic E-state index is 9.97. The highest BCUT2D eigenvalue weighted by Gasteiger charge is 2.47. The van der Waals surface area contributed by atoms with Gasteiger partial charge in [-0.05, 0) is 0 Å². The molecule has 0 aromatic rings. The molecule has 2 heterocycles. The number of hydrogen-bond donors (Lipinski definition) is 8. The van der Waals surface area contributed by atoms with Crippen LogP contribution in [0.25, 0.3) is 0 Å². The lowest BCUT2D eigenvalue weighted by molar-refractivity contribution is -0.321. The van der Waals surface area contributed by atoms with E-state index in [-0.39, 0.29) is 13.2 Å². The number of piperidine rings is 1. The Kier molecular flexibility index (Phi) is 6.07. The smallest absolute Gasteiger partial charge is 0.187 e. The first-order valence-corrected chi connectivity index (χ1v) is 7.07. The Hall–Kier alpha value is -0.400. The molecular weight excluding hydrogens is 302 g/mol. The van der Waals surface area contributed by atoms with E-state index in [1.165, 1.54) is 0 Å². The van der Waals surface area contributed by atoms with Crippen LogP contribution in [0, 0.1) is 0 Å². The fourth-order valence-electron chi connectivity index (χ4n) is 2.62.